The van der Waals surface area contributed by atoms with Crippen molar-refractivity contribution < 1.29 is 14.7 Å². The Morgan fingerprint density at radius 2 is 1.85 bits per heavy atom. The van der Waals surface area contributed by atoms with Gasteiger partial charge in [-0.25, -0.2) is 0 Å². The van der Waals surface area contributed by atoms with Gasteiger partial charge in [-0.15, -0.1) is 0 Å². The van der Waals surface area contributed by atoms with E-state index in [1.54, 1.807) is 36.4 Å². The highest BCUT2D eigenvalue weighted by molar-refractivity contribution is 5.92. The Balaban J connectivity index is 1.94. The summed E-state index contributed by atoms with van der Waals surface area (Å²) in [6, 6.07) is 16.1. The molecule has 2 aromatic carbocycles. The van der Waals surface area contributed by atoms with Crippen molar-refractivity contribution in [3.05, 3.63) is 60.2 Å². The molecule has 0 bridgehead atoms. The Morgan fingerprint density at radius 1 is 1.15 bits per heavy atom. The first kappa shape index (κ1) is 13.6. The smallest absolute Gasteiger partial charge is 0.262 e. The number of hydrogen-bond donors (Lipinski definition) is 2. The molecule has 20 heavy (non-hydrogen) atoms. The lowest BCUT2D eigenvalue weighted by molar-refractivity contribution is -0.118. The van der Waals surface area contributed by atoms with E-state index in [4.69, 9.17) is 9.94 Å². The van der Waals surface area contributed by atoms with Gasteiger partial charge in [0.15, 0.2) is 6.61 Å². The maximum Gasteiger partial charge on any atom is 0.262 e. The third-order valence-electron chi connectivity index (χ3n) is 2.53. The predicted molar refractivity (Wildman–Crippen MR) is 76.4 cm³/mol. The van der Waals surface area contributed by atoms with Crippen molar-refractivity contribution in [2.24, 2.45) is 5.16 Å². The summed E-state index contributed by atoms with van der Waals surface area (Å²) in [5, 5.41) is 14.2. The highest BCUT2D eigenvalue weighted by Crippen LogP contribution is 2.15. The van der Waals surface area contributed by atoms with E-state index in [1.165, 1.54) is 6.21 Å². The predicted octanol–water partition coefficient (Wildman–Crippen LogP) is 2.51. The fourth-order valence-corrected chi connectivity index (χ4v) is 1.64. The van der Waals surface area contributed by atoms with Gasteiger partial charge in [0.25, 0.3) is 5.91 Å². The number of hydrogen-bond acceptors (Lipinski definition) is 4. The Hall–Kier alpha value is -2.82. The lowest BCUT2D eigenvalue weighted by atomic mass is 10.2. The molecule has 0 saturated heterocycles. The van der Waals surface area contributed by atoms with Crippen LogP contribution in [0.15, 0.2) is 59.8 Å². The average Bonchev–Trinajstić information content (AvgIpc) is 2.48. The molecule has 0 unspecified atom stereocenters. The quantitative estimate of drug-likeness (QED) is 0.498. The zero-order valence-corrected chi connectivity index (χ0v) is 10.7. The van der Waals surface area contributed by atoms with Crippen LogP contribution in [0.5, 0.6) is 5.75 Å². The van der Waals surface area contributed by atoms with E-state index in [-0.39, 0.29) is 12.5 Å². The number of nitrogens with one attached hydrogen (secondary N) is 1. The molecule has 2 aromatic rings. The molecule has 0 aromatic heterocycles. The second-order valence-corrected chi connectivity index (χ2v) is 3.99. The summed E-state index contributed by atoms with van der Waals surface area (Å²) in [5.41, 5.74) is 1.31. The maximum atomic E-state index is 11.7. The first-order chi connectivity index (χ1) is 9.79. The van der Waals surface area contributed by atoms with Crippen LogP contribution in [0.2, 0.25) is 0 Å². The molecule has 5 nitrogen and oxygen atoms in total. The molecule has 0 saturated carbocycles. The number of benzene rings is 2. The monoisotopic (exact) mass is 270 g/mol. The molecule has 2 N–H and O–H groups in total. The second-order valence-electron chi connectivity index (χ2n) is 3.99. The molecule has 0 aliphatic carbocycles. The molecule has 5 heteroatoms. The van der Waals surface area contributed by atoms with Crippen LogP contribution in [0.3, 0.4) is 0 Å². The molecular formula is C15H14N2O3. The lowest BCUT2D eigenvalue weighted by Gasteiger charge is -2.09. The van der Waals surface area contributed by atoms with Gasteiger partial charge < -0.3 is 15.3 Å². The summed E-state index contributed by atoms with van der Waals surface area (Å²) in [5.74, 6) is 0.223. The number of nitrogens with zero attached hydrogens (tertiary/aromatic N) is 1. The molecule has 0 spiro atoms. The van der Waals surface area contributed by atoms with Crippen molar-refractivity contribution in [1.82, 2.24) is 0 Å². The highest BCUT2D eigenvalue weighted by atomic mass is 16.5. The summed E-state index contributed by atoms with van der Waals surface area (Å²) in [4.78, 5) is 11.7. The van der Waals surface area contributed by atoms with E-state index < -0.39 is 0 Å². The fourth-order valence-electron chi connectivity index (χ4n) is 1.64. The standard InChI is InChI=1S/C15H14N2O3/c18-15(17-13-7-2-1-3-8-13)11-20-14-9-5-4-6-12(14)10-16-19/h1-10,19H,11H2,(H,17,18)/b16-10-. The molecule has 0 fully saturated rings. The normalized spacial score (nSPS) is 10.4. The zero-order chi connectivity index (χ0) is 14.2. The van der Waals surface area contributed by atoms with E-state index in [1.807, 2.05) is 18.2 Å². The van der Waals surface area contributed by atoms with Gasteiger partial charge in [0.2, 0.25) is 0 Å². The van der Waals surface area contributed by atoms with Crippen molar-refractivity contribution in [2.45, 2.75) is 0 Å². The summed E-state index contributed by atoms with van der Waals surface area (Å²) in [7, 11) is 0. The van der Waals surface area contributed by atoms with Crippen LogP contribution >= 0.6 is 0 Å². The number of carbonyl (C=O) groups is 1. The highest BCUT2D eigenvalue weighted by Gasteiger charge is 2.05. The maximum absolute atomic E-state index is 11.7. The summed E-state index contributed by atoms with van der Waals surface area (Å²) < 4.78 is 5.41. The molecule has 102 valence electrons. The fraction of sp³-hybridized carbons (Fsp3) is 0.0667. The molecule has 0 aliphatic rings. The van der Waals surface area contributed by atoms with Crippen LogP contribution in [-0.4, -0.2) is 23.9 Å². The summed E-state index contributed by atoms with van der Waals surface area (Å²) in [6.45, 7) is -0.120. The van der Waals surface area contributed by atoms with Gasteiger partial charge in [0, 0.05) is 11.3 Å². The van der Waals surface area contributed by atoms with Crippen molar-refractivity contribution in [1.29, 1.82) is 0 Å². The number of anilines is 1. The molecule has 0 radical (unpaired) electrons. The van der Waals surface area contributed by atoms with Gasteiger partial charge in [-0.2, -0.15) is 0 Å². The molecule has 0 aliphatic heterocycles. The molecule has 1 amide bonds. The first-order valence-electron chi connectivity index (χ1n) is 6.04. The molecule has 0 atom stereocenters. The van der Waals surface area contributed by atoms with Crippen molar-refractivity contribution in [3.8, 4) is 5.75 Å². The van der Waals surface area contributed by atoms with Crippen molar-refractivity contribution in [3.63, 3.8) is 0 Å². The van der Waals surface area contributed by atoms with Crippen LogP contribution in [0.1, 0.15) is 5.56 Å². The third kappa shape index (κ3) is 3.84. The number of para-hydroxylation sites is 2. The number of amides is 1. The molecule has 0 heterocycles. The van der Waals surface area contributed by atoms with E-state index >= 15 is 0 Å². The van der Waals surface area contributed by atoms with E-state index in [0.717, 1.165) is 0 Å². The van der Waals surface area contributed by atoms with Crippen LogP contribution in [-0.2, 0) is 4.79 Å². The third-order valence-corrected chi connectivity index (χ3v) is 2.53. The number of carbonyl (C=O) groups excluding carboxylic acids is 1. The number of ether oxygens (including phenoxy) is 1. The van der Waals surface area contributed by atoms with Gasteiger partial charge >= 0.3 is 0 Å². The van der Waals surface area contributed by atoms with E-state index in [0.29, 0.717) is 17.0 Å². The Morgan fingerprint density at radius 3 is 2.60 bits per heavy atom. The van der Waals surface area contributed by atoms with Crippen LogP contribution in [0, 0.1) is 0 Å². The van der Waals surface area contributed by atoms with Gasteiger partial charge in [-0.05, 0) is 24.3 Å². The van der Waals surface area contributed by atoms with Gasteiger partial charge in [-0.1, -0.05) is 35.5 Å². The van der Waals surface area contributed by atoms with Gasteiger partial charge in [0.05, 0.1) is 6.21 Å². The van der Waals surface area contributed by atoms with Crippen molar-refractivity contribution in [2.75, 3.05) is 11.9 Å². The molecular weight excluding hydrogens is 256 g/mol. The summed E-state index contributed by atoms with van der Waals surface area (Å²) in [6.07, 6.45) is 1.25. The van der Waals surface area contributed by atoms with Crippen molar-refractivity contribution >= 4 is 17.8 Å². The second kappa shape index (κ2) is 6.94. The van der Waals surface area contributed by atoms with Crippen LogP contribution in [0.25, 0.3) is 0 Å². The largest absolute Gasteiger partial charge is 0.483 e. The van der Waals surface area contributed by atoms with Crippen LogP contribution < -0.4 is 10.1 Å². The minimum absolute atomic E-state index is 0.120. The Labute approximate surface area is 116 Å². The first-order valence-corrected chi connectivity index (χ1v) is 6.04. The van der Waals surface area contributed by atoms with Crippen LogP contribution in [0.4, 0.5) is 5.69 Å². The van der Waals surface area contributed by atoms with Gasteiger partial charge in [0.1, 0.15) is 5.75 Å². The topological polar surface area (TPSA) is 70.9 Å². The minimum Gasteiger partial charge on any atom is -0.483 e. The SMILES string of the molecule is O=C(COc1ccccc1/C=N\O)Nc1ccccc1. The number of rotatable bonds is 5. The lowest BCUT2D eigenvalue weighted by Crippen LogP contribution is -2.20. The molecule has 2 rings (SSSR count). The number of oxime groups is 1. The van der Waals surface area contributed by atoms with E-state index in [2.05, 4.69) is 10.5 Å². The Kier molecular flexibility index (Phi) is 4.72. The Bertz CT molecular complexity index is 597. The minimum atomic E-state index is -0.257. The summed E-state index contributed by atoms with van der Waals surface area (Å²) >= 11 is 0. The zero-order valence-electron chi connectivity index (χ0n) is 10.7. The van der Waals surface area contributed by atoms with E-state index in [9.17, 15) is 4.79 Å². The average molecular weight is 270 g/mol. The van der Waals surface area contributed by atoms with Gasteiger partial charge in [-0.3, -0.25) is 4.79 Å².